The van der Waals surface area contributed by atoms with Crippen molar-refractivity contribution in [1.29, 1.82) is 0 Å². The average Bonchev–Trinajstić information content (AvgIpc) is 3.40. The van der Waals surface area contributed by atoms with Crippen LogP contribution in [0.25, 0.3) is 0 Å². The number of hydrogen-bond acceptors (Lipinski definition) is 3. The topological polar surface area (TPSA) is 75.6 Å². The van der Waals surface area contributed by atoms with E-state index < -0.39 is 5.97 Å². The molecule has 2 aromatic carbocycles. The lowest BCUT2D eigenvalue weighted by atomic mass is 10.1. The fourth-order valence-corrected chi connectivity index (χ4v) is 3.03. The number of nitrogens with one attached hydrogen (secondary N) is 1. The highest BCUT2D eigenvalue weighted by Gasteiger charge is 2.30. The summed E-state index contributed by atoms with van der Waals surface area (Å²) < 4.78 is 6.49. The van der Waals surface area contributed by atoms with E-state index in [0.717, 1.165) is 17.3 Å². The molecule has 0 atom stereocenters. The van der Waals surface area contributed by atoms with Crippen molar-refractivity contribution in [3.63, 3.8) is 0 Å². The van der Waals surface area contributed by atoms with Gasteiger partial charge in [0.15, 0.2) is 0 Å². The largest absolute Gasteiger partial charge is 0.487 e. The van der Waals surface area contributed by atoms with Crippen molar-refractivity contribution in [2.75, 3.05) is 5.32 Å². The lowest BCUT2D eigenvalue weighted by Gasteiger charge is -2.12. The molecule has 130 valence electrons. The van der Waals surface area contributed by atoms with Crippen molar-refractivity contribution >= 4 is 45.1 Å². The van der Waals surface area contributed by atoms with E-state index in [9.17, 15) is 14.7 Å². The molecular weight excluding hydrogens is 410 g/mol. The molecule has 25 heavy (non-hydrogen) atoms. The molecule has 0 spiro atoms. The van der Waals surface area contributed by atoms with Crippen molar-refractivity contribution in [3.8, 4) is 5.75 Å². The molecule has 1 saturated carbocycles. The quantitative estimate of drug-likeness (QED) is 0.703. The fraction of sp³-hybridized carbons (Fsp3) is 0.222. The SMILES string of the molecule is O=C(O)c1cc(COc2ccc(Br)cc2Cl)ccc1NC(=O)C1CC1. The van der Waals surface area contributed by atoms with Crippen LogP contribution in [-0.4, -0.2) is 17.0 Å². The Bertz CT molecular complexity index is 836. The van der Waals surface area contributed by atoms with Crippen molar-refractivity contribution in [3.05, 3.63) is 57.0 Å². The Morgan fingerprint density at radius 3 is 2.64 bits per heavy atom. The molecule has 1 fully saturated rings. The number of hydrogen-bond donors (Lipinski definition) is 2. The standard InChI is InChI=1S/C18H15BrClNO4/c19-12-4-6-16(14(20)8-12)25-9-10-1-5-15(13(7-10)18(23)24)21-17(22)11-2-3-11/h1,4-8,11H,2-3,9H2,(H,21,22)(H,23,24). The second kappa shape index (κ2) is 7.45. The van der Waals surface area contributed by atoms with Crippen LogP contribution in [0.15, 0.2) is 40.9 Å². The minimum absolute atomic E-state index is 0.00389. The van der Waals surface area contributed by atoms with Crippen LogP contribution in [0, 0.1) is 5.92 Å². The van der Waals surface area contributed by atoms with E-state index >= 15 is 0 Å². The zero-order chi connectivity index (χ0) is 18.0. The lowest BCUT2D eigenvalue weighted by molar-refractivity contribution is -0.117. The van der Waals surface area contributed by atoms with Crippen LogP contribution in [0.4, 0.5) is 5.69 Å². The molecule has 3 rings (SSSR count). The second-order valence-electron chi connectivity index (χ2n) is 5.81. The summed E-state index contributed by atoms with van der Waals surface area (Å²) in [4.78, 5) is 23.4. The Morgan fingerprint density at radius 1 is 1.24 bits per heavy atom. The summed E-state index contributed by atoms with van der Waals surface area (Å²) in [6, 6.07) is 10.1. The van der Waals surface area contributed by atoms with E-state index in [1.807, 2.05) is 0 Å². The zero-order valence-corrected chi connectivity index (χ0v) is 15.4. The molecule has 1 aliphatic carbocycles. The molecule has 1 aliphatic rings. The number of ether oxygens (including phenoxy) is 1. The molecule has 1 amide bonds. The predicted octanol–water partition coefficient (Wildman–Crippen LogP) is 4.73. The van der Waals surface area contributed by atoms with Gasteiger partial charge in [0.05, 0.1) is 16.3 Å². The van der Waals surface area contributed by atoms with Gasteiger partial charge < -0.3 is 15.2 Å². The van der Waals surface area contributed by atoms with Gasteiger partial charge in [-0.25, -0.2) is 4.79 Å². The minimum Gasteiger partial charge on any atom is -0.487 e. The maximum Gasteiger partial charge on any atom is 0.337 e. The molecule has 2 N–H and O–H groups in total. The summed E-state index contributed by atoms with van der Waals surface area (Å²) >= 11 is 9.42. The van der Waals surface area contributed by atoms with Crippen LogP contribution in [0.1, 0.15) is 28.8 Å². The maximum atomic E-state index is 11.9. The number of amides is 1. The van der Waals surface area contributed by atoms with E-state index in [0.29, 0.717) is 22.0 Å². The van der Waals surface area contributed by atoms with Gasteiger partial charge in [-0.3, -0.25) is 4.79 Å². The molecule has 5 nitrogen and oxygen atoms in total. The number of carboxylic acids is 1. The summed E-state index contributed by atoms with van der Waals surface area (Å²) in [5.41, 5.74) is 1.01. The molecular formula is C18H15BrClNO4. The first-order valence-electron chi connectivity index (χ1n) is 7.69. The monoisotopic (exact) mass is 423 g/mol. The van der Waals surface area contributed by atoms with Crippen molar-refractivity contribution in [1.82, 2.24) is 0 Å². The molecule has 0 aliphatic heterocycles. The predicted molar refractivity (Wildman–Crippen MR) is 98.2 cm³/mol. The highest BCUT2D eigenvalue weighted by molar-refractivity contribution is 9.10. The minimum atomic E-state index is -1.10. The van der Waals surface area contributed by atoms with E-state index in [2.05, 4.69) is 21.2 Å². The van der Waals surface area contributed by atoms with Gasteiger partial charge in [-0.2, -0.15) is 0 Å². The Labute approximate surface area is 158 Å². The molecule has 0 bridgehead atoms. The Hall–Kier alpha value is -2.05. The summed E-state index contributed by atoms with van der Waals surface area (Å²) in [5, 5.41) is 12.5. The van der Waals surface area contributed by atoms with E-state index in [1.165, 1.54) is 6.07 Å². The average molecular weight is 425 g/mol. The number of carbonyl (C=O) groups is 2. The molecule has 0 heterocycles. The van der Waals surface area contributed by atoms with Crippen LogP contribution in [-0.2, 0) is 11.4 Å². The third-order valence-corrected chi connectivity index (χ3v) is 4.60. The lowest BCUT2D eigenvalue weighted by Crippen LogP contribution is -2.16. The Morgan fingerprint density at radius 2 is 2.00 bits per heavy atom. The number of carbonyl (C=O) groups excluding carboxylic acids is 1. The van der Waals surface area contributed by atoms with Crippen LogP contribution in [0.5, 0.6) is 5.75 Å². The zero-order valence-electron chi connectivity index (χ0n) is 13.1. The molecule has 7 heteroatoms. The van der Waals surface area contributed by atoms with E-state index in [-0.39, 0.29) is 24.0 Å². The van der Waals surface area contributed by atoms with Gasteiger partial charge in [-0.15, -0.1) is 0 Å². The number of halogens is 2. The van der Waals surface area contributed by atoms with Crippen molar-refractivity contribution in [2.24, 2.45) is 5.92 Å². The van der Waals surface area contributed by atoms with Gasteiger partial charge in [0, 0.05) is 10.4 Å². The Balaban J connectivity index is 1.74. The van der Waals surface area contributed by atoms with Gasteiger partial charge in [0.1, 0.15) is 12.4 Å². The summed E-state index contributed by atoms with van der Waals surface area (Å²) in [6.07, 6.45) is 1.71. The van der Waals surface area contributed by atoms with Gasteiger partial charge in [0.25, 0.3) is 0 Å². The van der Waals surface area contributed by atoms with Gasteiger partial charge in [0.2, 0.25) is 5.91 Å². The number of aromatic carboxylic acids is 1. The first-order chi connectivity index (χ1) is 11.9. The summed E-state index contributed by atoms with van der Waals surface area (Å²) in [5.74, 6) is -0.722. The normalized spacial score (nSPS) is 13.4. The second-order valence-corrected chi connectivity index (χ2v) is 7.13. The maximum absolute atomic E-state index is 11.9. The Kier molecular flexibility index (Phi) is 5.30. The number of carboxylic acid groups (broad SMARTS) is 1. The summed E-state index contributed by atoms with van der Waals surface area (Å²) in [7, 11) is 0. The van der Waals surface area contributed by atoms with Gasteiger partial charge >= 0.3 is 5.97 Å². The summed E-state index contributed by atoms with van der Waals surface area (Å²) in [6.45, 7) is 0.165. The molecule has 0 saturated heterocycles. The first-order valence-corrected chi connectivity index (χ1v) is 8.86. The van der Waals surface area contributed by atoms with Gasteiger partial charge in [-0.1, -0.05) is 33.6 Å². The first kappa shape index (κ1) is 17.8. The third kappa shape index (κ3) is 4.52. The number of rotatable bonds is 6. The van der Waals surface area contributed by atoms with Gasteiger partial charge in [-0.05, 0) is 48.7 Å². The van der Waals surface area contributed by atoms with Crippen LogP contribution >= 0.6 is 27.5 Å². The van der Waals surface area contributed by atoms with E-state index in [1.54, 1.807) is 30.3 Å². The number of benzene rings is 2. The van der Waals surface area contributed by atoms with Crippen molar-refractivity contribution < 1.29 is 19.4 Å². The molecule has 0 unspecified atom stereocenters. The fourth-order valence-electron chi connectivity index (χ4n) is 2.30. The third-order valence-electron chi connectivity index (χ3n) is 3.81. The molecule has 0 aromatic heterocycles. The van der Waals surface area contributed by atoms with Crippen molar-refractivity contribution in [2.45, 2.75) is 19.4 Å². The highest BCUT2D eigenvalue weighted by atomic mass is 79.9. The smallest absolute Gasteiger partial charge is 0.337 e. The number of anilines is 1. The van der Waals surface area contributed by atoms with Crippen LogP contribution in [0.3, 0.4) is 0 Å². The highest BCUT2D eigenvalue weighted by Crippen LogP contribution is 2.31. The molecule has 0 radical (unpaired) electrons. The van der Waals surface area contributed by atoms with Crippen LogP contribution in [0.2, 0.25) is 5.02 Å². The van der Waals surface area contributed by atoms with E-state index in [4.69, 9.17) is 16.3 Å². The van der Waals surface area contributed by atoms with Crippen LogP contribution < -0.4 is 10.1 Å². The molecule has 2 aromatic rings.